The first-order valence-electron chi connectivity index (χ1n) is 15.1. The Bertz CT molecular complexity index is 867. The van der Waals surface area contributed by atoms with Gasteiger partial charge in [-0.05, 0) is 37.8 Å². The fraction of sp³-hybridized carbons (Fsp3) is 0.688. The highest BCUT2D eigenvalue weighted by atomic mass is 16.5. The van der Waals surface area contributed by atoms with E-state index in [1.807, 2.05) is 12.1 Å². The summed E-state index contributed by atoms with van der Waals surface area (Å²) < 4.78 is 11.9. The molecule has 2 heterocycles. The summed E-state index contributed by atoms with van der Waals surface area (Å²) in [6.07, 6.45) is 22.8. The molecule has 0 aliphatic heterocycles. The van der Waals surface area contributed by atoms with Gasteiger partial charge in [-0.25, -0.2) is 9.97 Å². The van der Waals surface area contributed by atoms with Crippen LogP contribution >= 0.6 is 0 Å². The Hall–Kier alpha value is -2.10. The summed E-state index contributed by atoms with van der Waals surface area (Å²) in [7, 11) is 0. The molecular weight excluding hydrogens is 444 g/mol. The van der Waals surface area contributed by atoms with E-state index in [0.29, 0.717) is 0 Å². The lowest BCUT2D eigenvalue weighted by molar-refractivity contribution is 0.291. The van der Waals surface area contributed by atoms with E-state index in [9.17, 15) is 0 Å². The smallest absolute Gasteiger partial charge is 0.213 e. The van der Waals surface area contributed by atoms with Crippen LogP contribution in [0.1, 0.15) is 128 Å². The molecule has 1 aliphatic rings. The highest BCUT2D eigenvalue weighted by molar-refractivity contribution is 5.71. The van der Waals surface area contributed by atoms with Crippen molar-refractivity contribution in [1.82, 2.24) is 9.97 Å². The average Bonchev–Trinajstić information content (AvgIpc) is 2.91. The zero-order valence-corrected chi connectivity index (χ0v) is 23.2. The van der Waals surface area contributed by atoms with Crippen molar-refractivity contribution < 1.29 is 9.47 Å². The molecule has 1 aliphatic carbocycles. The van der Waals surface area contributed by atoms with Crippen LogP contribution in [0, 0.1) is 0 Å². The molecule has 0 aromatic carbocycles. The van der Waals surface area contributed by atoms with Gasteiger partial charge in [-0.2, -0.15) is 0 Å². The molecule has 3 rings (SSSR count). The van der Waals surface area contributed by atoms with E-state index in [1.54, 1.807) is 0 Å². The summed E-state index contributed by atoms with van der Waals surface area (Å²) >= 11 is 0. The first-order valence-corrected chi connectivity index (χ1v) is 15.1. The Morgan fingerprint density at radius 3 is 1.25 bits per heavy atom. The molecule has 36 heavy (non-hydrogen) atoms. The van der Waals surface area contributed by atoms with Crippen LogP contribution in [-0.2, 0) is 12.8 Å². The fourth-order valence-corrected chi connectivity index (χ4v) is 5.06. The third-order valence-corrected chi connectivity index (χ3v) is 7.28. The number of aromatic nitrogens is 2. The Morgan fingerprint density at radius 1 is 0.500 bits per heavy atom. The van der Waals surface area contributed by atoms with Crippen molar-refractivity contribution in [2.24, 2.45) is 0 Å². The molecule has 0 spiro atoms. The summed E-state index contributed by atoms with van der Waals surface area (Å²) in [5, 5.41) is 0. The van der Waals surface area contributed by atoms with Crippen LogP contribution in [0.25, 0.3) is 11.1 Å². The van der Waals surface area contributed by atoms with Crippen LogP contribution in [0.3, 0.4) is 0 Å². The van der Waals surface area contributed by atoms with Crippen LogP contribution in [0.2, 0.25) is 0 Å². The van der Waals surface area contributed by atoms with E-state index < -0.39 is 0 Å². The summed E-state index contributed by atoms with van der Waals surface area (Å²) in [5.41, 5.74) is 4.64. The van der Waals surface area contributed by atoms with E-state index >= 15 is 0 Å². The van der Waals surface area contributed by atoms with Crippen LogP contribution in [-0.4, -0.2) is 23.2 Å². The normalized spacial score (nSPS) is 12.3. The van der Waals surface area contributed by atoms with E-state index in [0.717, 1.165) is 62.0 Å². The minimum atomic E-state index is 0.761. The minimum Gasteiger partial charge on any atom is -0.478 e. The second-order valence-corrected chi connectivity index (χ2v) is 10.4. The lowest BCUT2D eigenvalue weighted by atomic mass is 9.92. The number of hydrogen-bond acceptors (Lipinski definition) is 4. The number of fused-ring (bicyclic) bond motifs is 3. The summed E-state index contributed by atoms with van der Waals surface area (Å²) in [6.45, 7) is 6.06. The number of nitrogens with zero attached hydrogens (tertiary/aromatic N) is 2. The topological polar surface area (TPSA) is 44.2 Å². The Labute approximate surface area is 220 Å². The van der Waals surface area contributed by atoms with Gasteiger partial charge in [0.1, 0.15) is 0 Å². The van der Waals surface area contributed by atoms with Gasteiger partial charge >= 0.3 is 0 Å². The predicted molar refractivity (Wildman–Crippen MR) is 151 cm³/mol. The van der Waals surface area contributed by atoms with Gasteiger partial charge in [-0.3, -0.25) is 0 Å². The largest absolute Gasteiger partial charge is 0.478 e. The average molecular weight is 495 g/mol. The predicted octanol–water partition coefficient (Wildman–Crippen LogP) is 9.28. The number of rotatable bonds is 20. The monoisotopic (exact) mass is 494 g/mol. The number of pyridine rings is 2. The quantitative estimate of drug-likeness (QED) is 0.172. The maximum Gasteiger partial charge on any atom is 0.213 e. The number of ether oxygens (including phenoxy) is 2. The van der Waals surface area contributed by atoms with Crippen molar-refractivity contribution in [2.45, 2.75) is 129 Å². The molecular formula is C32H50N2O2. The molecule has 0 amide bonds. The van der Waals surface area contributed by atoms with Crippen molar-refractivity contribution in [3.63, 3.8) is 0 Å². The molecule has 0 fully saturated rings. The molecule has 4 nitrogen and oxygen atoms in total. The van der Waals surface area contributed by atoms with Crippen molar-refractivity contribution in [2.75, 3.05) is 13.2 Å². The maximum atomic E-state index is 5.98. The number of aryl methyl sites for hydroxylation is 2. The number of unbranched alkanes of at least 4 members (excludes halogenated alkanes) is 14. The van der Waals surface area contributed by atoms with Crippen LogP contribution in [0.4, 0.5) is 0 Å². The zero-order valence-electron chi connectivity index (χ0n) is 23.2. The molecule has 0 bridgehead atoms. The second-order valence-electron chi connectivity index (χ2n) is 10.4. The molecule has 200 valence electrons. The van der Waals surface area contributed by atoms with E-state index in [2.05, 4.69) is 26.0 Å². The molecule has 4 heteroatoms. The molecule has 2 aromatic rings. The van der Waals surface area contributed by atoms with Crippen molar-refractivity contribution in [3.05, 3.63) is 35.7 Å². The van der Waals surface area contributed by atoms with Crippen molar-refractivity contribution >= 4 is 0 Å². The van der Waals surface area contributed by atoms with Crippen molar-refractivity contribution in [1.29, 1.82) is 0 Å². The van der Waals surface area contributed by atoms with Gasteiger partial charge in [-0.1, -0.05) is 104 Å². The first kappa shape index (κ1) is 28.5. The van der Waals surface area contributed by atoms with E-state index in [1.165, 1.54) is 101 Å². The van der Waals surface area contributed by atoms with Gasteiger partial charge in [0, 0.05) is 23.3 Å². The van der Waals surface area contributed by atoms with Crippen LogP contribution in [0.15, 0.2) is 24.3 Å². The first-order chi connectivity index (χ1) is 17.8. The summed E-state index contributed by atoms with van der Waals surface area (Å²) in [6, 6.07) is 8.35. The van der Waals surface area contributed by atoms with Crippen LogP contribution in [0.5, 0.6) is 11.8 Å². The molecule has 0 radical (unpaired) electrons. The Balaban J connectivity index is 1.36. The van der Waals surface area contributed by atoms with E-state index in [4.69, 9.17) is 19.4 Å². The third-order valence-electron chi connectivity index (χ3n) is 7.28. The van der Waals surface area contributed by atoms with Gasteiger partial charge < -0.3 is 9.47 Å². The van der Waals surface area contributed by atoms with Gasteiger partial charge in [0.2, 0.25) is 11.8 Å². The fourth-order valence-electron chi connectivity index (χ4n) is 5.06. The second kappa shape index (κ2) is 17.4. The molecule has 2 aromatic heterocycles. The molecule has 0 saturated heterocycles. The Morgan fingerprint density at radius 2 is 0.861 bits per heavy atom. The third kappa shape index (κ3) is 10.1. The maximum absolute atomic E-state index is 5.98. The van der Waals surface area contributed by atoms with Gasteiger partial charge in [-0.15, -0.1) is 0 Å². The lowest BCUT2D eigenvalue weighted by Gasteiger charge is -2.19. The van der Waals surface area contributed by atoms with Gasteiger partial charge in [0.15, 0.2) is 0 Å². The zero-order chi connectivity index (χ0) is 25.3. The SMILES string of the molecule is CCCCCCCCCCCOc1ccc2c(n1)CCc1nc(OCCCCCCCCC)ccc1-2. The highest BCUT2D eigenvalue weighted by Crippen LogP contribution is 2.34. The van der Waals surface area contributed by atoms with Gasteiger partial charge in [0.05, 0.1) is 24.6 Å². The number of hydrogen-bond donors (Lipinski definition) is 0. The van der Waals surface area contributed by atoms with Crippen LogP contribution < -0.4 is 9.47 Å². The molecule has 0 N–H and O–H groups in total. The standard InChI is InChI=1S/C32H50N2O2/c1-3-5-7-9-11-12-14-16-18-26-36-32-24-20-28-27-19-23-31(33-29(27)21-22-30(28)34-32)35-25-17-15-13-10-8-6-4-2/h19-20,23-24H,3-18,21-22,25-26H2,1-2H3. The molecule has 0 atom stereocenters. The summed E-state index contributed by atoms with van der Waals surface area (Å²) in [5.74, 6) is 1.52. The molecule has 0 unspecified atom stereocenters. The highest BCUT2D eigenvalue weighted by Gasteiger charge is 2.19. The lowest BCUT2D eigenvalue weighted by Crippen LogP contribution is -2.10. The summed E-state index contributed by atoms with van der Waals surface area (Å²) in [4.78, 5) is 9.64. The van der Waals surface area contributed by atoms with Gasteiger partial charge in [0.25, 0.3) is 0 Å². The molecule has 0 saturated carbocycles. The van der Waals surface area contributed by atoms with E-state index in [-0.39, 0.29) is 0 Å². The Kier molecular flexibility index (Phi) is 13.7. The minimum absolute atomic E-state index is 0.761. The van der Waals surface area contributed by atoms with Crippen molar-refractivity contribution in [3.8, 4) is 22.9 Å².